The fraction of sp³-hybridized carbons (Fsp3) is 0.250. The zero-order chi connectivity index (χ0) is 23.0. The van der Waals surface area contributed by atoms with E-state index in [1.807, 2.05) is 57.2 Å². The predicted molar refractivity (Wildman–Crippen MR) is 125 cm³/mol. The van der Waals surface area contributed by atoms with Gasteiger partial charge in [0.05, 0.1) is 22.5 Å². The Morgan fingerprint density at radius 3 is 2.50 bits per heavy atom. The highest BCUT2D eigenvalue weighted by atomic mass is 35.5. The molecule has 1 unspecified atom stereocenters. The van der Waals surface area contributed by atoms with Crippen LogP contribution in [-0.2, 0) is 11.3 Å². The normalized spacial score (nSPS) is 12.2. The van der Waals surface area contributed by atoms with Crippen molar-refractivity contribution in [3.05, 3.63) is 86.4 Å². The lowest BCUT2D eigenvalue weighted by Crippen LogP contribution is -2.37. The summed E-state index contributed by atoms with van der Waals surface area (Å²) in [5.41, 5.74) is 4.25. The first-order valence-electron chi connectivity index (χ1n) is 10.3. The number of hydrogen-bond donors (Lipinski definition) is 1. The van der Waals surface area contributed by atoms with Crippen LogP contribution >= 0.6 is 11.6 Å². The van der Waals surface area contributed by atoms with E-state index in [9.17, 15) is 9.59 Å². The molecule has 1 atom stereocenters. The summed E-state index contributed by atoms with van der Waals surface area (Å²) < 4.78 is 2.95. The number of aryl methyl sites for hydroxylation is 3. The molecule has 2 aromatic heterocycles. The third-order valence-electron chi connectivity index (χ3n) is 5.53. The SMILES string of the molecule is Cc1ccc(-n2nc3c(=O)n(C(C)C(=O)NCc4cccc(Cl)c4)nc(C)c3c2C)cc1. The molecule has 0 aliphatic carbocycles. The number of hydrogen-bond acceptors (Lipinski definition) is 4. The largest absolute Gasteiger partial charge is 0.350 e. The van der Waals surface area contributed by atoms with E-state index in [1.54, 1.807) is 23.7 Å². The van der Waals surface area contributed by atoms with Crippen molar-refractivity contribution < 1.29 is 4.79 Å². The fourth-order valence-electron chi connectivity index (χ4n) is 3.75. The van der Waals surface area contributed by atoms with E-state index in [0.717, 1.165) is 22.5 Å². The molecule has 0 aliphatic rings. The first-order valence-corrected chi connectivity index (χ1v) is 10.7. The lowest BCUT2D eigenvalue weighted by atomic mass is 10.2. The molecule has 0 saturated carbocycles. The Labute approximate surface area is 190 Å². The molecule has 0 aliphatic heterocycles. The third kappa shape index (κ3) is 4.03. The van der Waals surface area contributed by atoms with Gasteiger partial charge in [-0.2, -0.15) is 10.2 Å². The highest BCUT2D eigenvalue weighted by molar-refractivity contribution is 6.30. The van der Waals surface area contributed by atoms with E-state index < -0.39 is 11.6 Å². The zero-order valence-corrected chi connectivity index (χ0v) is 19.1. The van der Waals surface area contributed by atoms with Crippen LogP contribution in [0.15, 0.2) is 53.3 Å². The molecule has 4 aromatic rings. The maximum atomic E-state index is 13.2. The lowest BCUT2D eigenvalue weighted by Gasteiger charge is -2.15. The van der Waals surface area contributed by atoms with E-state index in [4.69, 9.17) is 11.6 Å². The van der Waals surface area contributed by atoms with Crippen LogP contribution in [-0.4, -0.2) is 25.5 Å². The van der Waals surface area contributed by atoms with Gasteiger partial charge in [-0.3, -0.25) is 9.59 Å². The van der Waals surface area contributed by atoms with Crippen molar-refractivity contribution in [2.24, 2.45) is 0 Å². The molecule has 7 nitrogen and oxygen atoms in total. The summed E-state index contributed by atoms with van der Waals surface area (Å²) in [5, 5.41) is 13.2. The molecule has 164 valence electrons. The fourth-order valence-corrected chi connectivity index (χ4v) is 3.96. The molecule has 0 bridgehead atoms. The lowest BCUT2D eigenvalue weighted by molar-refractivity contribution is -0.124. The number of nitrogens with one attached hydrogen (secondary N) is 1. The van der Waals surface area contributed by atoms with Crippen LogP contribution in [0.2, 0.25) is 5.02 Å². The van der Waals surface area contributed by atoms with Crippen LogP contribution < -0.4 is 10.9 Å². The summed E-state index contributed by atoms with van der Waals surface area (Å²) >= 11 is 6.00. The smallest absolute Gasteiger partial charge is 0.295 e. The molecular weight excluding hydrogens is 426 g/mol. The molecule has 2 aromatic carbocycles. The van der Waals surface area contributed by atoms with Crippen molar-refractivity contribution in [1.29, 1.82) is 0 Å². The highest BCUT2D eigenvalue weighted by Crippen LogP contribution is 2.22. The van der Waals surface area contributed by atoms with Gasteiger partial charge in [0, 0.05) is 11.6 Å². The molecule has 2 heterocycles. The molecule has 8 heteroatoms. The molecule has 32 heavy (non-hydrogen) atoms. The first kappa shape index (κ1) is 21.8. The van der Waals surface area contributed by atoms with Crippen molar-refractivity contribution in [1.82, 2.24) is 24.9 Å². The van der Waals surface area contributed by atoms with Crippen LogP contribution in [0.4, 0.5) is 0 Å². The first-order chi connectivity index (χ1) is 15.3. The number of fused-ring (bicyclic) bond motifs is 1. The number of amides is 1. The van der Waals surface area contributed by atoms with Crippen LogP contribution in [0.25, 0.3) is 16.6 Å². The second kappa shape index (κ2) is 8.59. The summed E-state index contributed by atoms with van der Waals surface area (Å²) in [6.45, 7) is 7.71. The minimum absolute atomic E-state index is 0.296. The van der Waals surface area contributed by atoms with Gasteiger partial charge in [-0.1, -0.05) is 41.4 Å². The molecule has 4 rings (SSSR count). The third-order valence-corrected chi connectivity index (χ3v) is 5.76. The predicted octanol–water partition coefficient (Wildman–Crippen LogP) is 4.04. The van der Waals surface area contributed by atoms with Gasteiger partial charge < -0.3 is 5.32 Å². The molecule has 1 amide bonds. The van der Waals surface area contributed by atoms with Crippen molar-refractivity contribution >= 4 is 28.4 Å². The summed E-state index contributed by atoms with van der Waals surface area (Å²) in [4.78, 5) is 26.0. The van der Waals surface area contributed by atoms with Gasteiger partial charge in [0.15, 0.2) is 5.52 Å². The number of halogens is 1. The molecule has 1 N–H and O–H groups in total. The Morgan fingerprint density at radius 1 is 1.09 bits per heavy atom. The second-order valence-electron chi connectivity index (χ2n) is 7.92. The Morgan fingerprint density at radius 2 is 1.81 bits per heavy atom. The number of carbonyl (C=O) groups excluding carboxylic acids is 1. The minimum atomic E-state index is -0.797. The standard InChI is InChI=1S/C24H24ClN5O2/c1-14-8-10-20(11-9-14)29-16(3)21-15(2)27-30(24(32)22(21)28-29)17(4)23(31)26-13-18-6-5-7-19(25)12-18/h5-12,17H,13H2,1-4H3,(H,26,31). The summed E-state index contributed by atoms with van der Waals surface area (Å²) in [6.07, 6.45) is 0. The van der Waals surface area contributed by atoms with Crippen LogP contribution in [0.3, 0.4) is 0 Å². The molecule has 0 spiro atoms. The van der Waals surface area contributed by atoms with Gasteiger partial charge in [0.25, 0.3) is 5.56 Å². The number of benzene rings is 2. The zero-order valence-electron chi connectivity index (χ0n) is 18.4. The van der Waals surface area contributed by atoms with Crippen molar-refractivity contribution in [3.63, 3.8) is 0 Å². The topological polar surface area (TPSA) is 81.8 Å². The van der Waals surface area contributed by atoms with Gasteiger partial charge in [-0.15, -0.1) is 0 Å². The van der Waals surface area contributed by atoms with E-state index >= 15 is 0 Å². The van der Waals surface area contributed by atoms with Crippen molar-refractivity contribution in [2.45, 2.75) is 40.3 Å². The number of rotatable bonds is 5. The highest BCUT2D eigenvalue weighted by Gasteiger charge is 2.23. The van der Waals surface area contributed by atoms with E-state index in [2.05, 4.69) is 15.5 Å². The average molecular weight is 450 g/mol. The number of nitrogens with zero attached hydrogens (tertiary/aromatic N) is 4. The monoisotopic (exact) mass is 449 g/mol. The van der Waals surface area contributed by atoms with E-state index in [-0.39, 0.29) is 5.91 Å². The van der Waals surface area contributed by atoms with Crippen LogP contribution in [0, 0.1) is 20.8 Å². The maximum Gasteiger partial charge on any atom is 0.295 e. The van der Waals surface area contributed by atoms with Gasteiger partial charge in [-0.05, 0) is 57.5 Å². The molecule has 0 fully saturated rings. The summed E-state index contributed by atoms with van der Waals surface area (Å²) in [7, 11) is 0. The van der Waals surface area contributed by atoms with Gasteiger partial charge >= 0.3 is 0 Å². The Kier molecular flexibility index (Phi) is 5.84. The minimum Gasteiger partial charge on any atom is -0.350 e. The summed E-state index contributed by atoms with van der Waals surface area (Å²) in [6, 6.07) is 14.4. The maximum absolute atomic E-state index is 13.2. The van der Waals surface area contributed by atoms with E-state index in [0.29, 0.717) is 28.2 Å². The quantitative estimate of drug-likeness (QED) is 0.498. The molecule has 0 radical (unpaired) electrons. The second-order valence-corrected chi connectivity index (χ2v) is 8.35. The molecular formula is C24H24ClN5O2. The Bertz CT molecular complexity index is 1370. The van der Waals surface area contributed by atoms with Crippen LogP contribution in [0.1, 0.15) is 35.5 Å². The Balaban J connectivity index is 1.67. The number of carbonyl (C=O) groups is 1. The van der Waals surface area contributed by atoms with Gasteiger partial charge in [-0.25, -0.2) is 9.36 Å². The Hall–Kier alpha value is -3.45. The summed E-state index contributed by atoms with van der Waals surface area (Å²) in [5.74, 6) is -0.312. The van der Waals surface area contributed by atoms with Crippen molar-refractivity contribution in [2.75, 3.05) is 0 Å². The van der Waals surface area contributed by atoms with Gasteiger partial charge in [0.1, 0.15) is 6.04 Å². The van der Waals surface area contributed by atoms with E-state index in [1.165, 1.54) is 4.68 Å². The molecule has 0 saturated heterocycles. The van der Waals surface area contributed by atoms with Crippen LogP contribution in [0.5, 0.6) is 0 Å². The average Bonchev–Trinajstić information content (AvgIpc) is 3.12. The number of aromatic nitrogens is 4. The van der Waals surface area contributed by atoms with Gasteiger partial charge in [0.2, 0.25) is 5.91 Å². The van der Waals surface area contributed by atoms with Crippen molar-refractivity contribution in [3.8, 4) is 5.69 Å².